The maximum absolute atomic E-state index is 13.6. The van der Waals surface area contributed by atoms with Crippen molar-refractivity contribution in [1.82, 2.24) is 19.7 Å². The van der Waals surface area contributed by atoms with Crippen LogP contribution in [-0.2, 0) is 12.7 Å². The second-order valence-corrected chi connectivity index (χ2v) is 8.81. The van der Waals surface area contributed by atoms with E-state index in [2.05, 4.69) is 15.1 Å². The Morgan fingerprint density at radius 3 is 2.67 bits per heavy atom. The van der Waals surface area contributed by atoms with Gasteiger partial charge in [0.1, 0.15) is 11.6 Å². The molecule has 2 aromatic carbocycles. The summed E-state index contributed by atoms with van der Waals surface area (Å²) in [6, 6.07) is 15.6. The van der Waals surface area contributed by atoms with Crippen molar-refractivity contribution in [3.05, 3.63) is 94.8 Å². The van der Waals surface area contributed by atoms with Gasteiger partial charge in [0.15, 0.2) is 5.82 Å². The van der Waals surface area contributed by atoms with Gasteiger partial charge in [0.25, 0.3) is 0 Å². The molecule has 8 heteroatoms. The van der Waals surface area contributed by atoms with Gasteiger partial charge in [-0.3, -0.25) is 4.98 Å². The summed E-state index contributed by atoms with van der Waals surface area (Å²) < 4.78 is 48.3. The molecule has 0 saturated heterocycles. The molecule has 0 spiro atoms. The first kappa shape index (κ1) is 23.8. The molecule has 1 atom stereocenters. The second-order valence-electron chi connectivity index (χ2n) is 8.81. The molecule has 0 aliphatic carbocycles. The average molecular weight is 491 g/mol. The largest absolute Gasteiger partial charge is 0.496 e. The van der Waals surface area contributed by atoms with E-state index in [1.54, 1.807) is 36.2 Å². The topological polar surface area (TPSA) is 52.8 Å². The number of benzene rings is 2. The fourth-order valence-electron chi connectivity index (χ4n) is 4.73. The molecule has 5 rings (SSSR count). The quantitative estimate of drug-likeness (QED) is 0.310. The van der Waals surface area contributed by atoms with E-state index in [1.807, 2.05) is 43.3 Å². The van der Waals surface area contributed by atoms with Crippen molar-refractivity contribution in [3.63, 3.8) is 0 Å². The van der Waals surface area contributed by atoms with E-state index in [9.17, 15) is 13.2 Å². The SMILES string of the molecule is COc1cc(/C=C/c2nc3n(n2)CCCC3c2ccccc2C(F)(F)F)ccc1-c1ccnc(C)c1. The van der Waals surface area contributed by atoms with E-state index >= 15 is 0 Å². The molecule has 0 amide bonds. The molecule has 0 saturated carbocycles. The van der Waals surface area contributed by atoms with Crippen molar-refractivity contribution in [1.29, 1.82) is 0 Å². The smallest absolute Gasteiger partial charge is 0.416 e. The van der Waals surface area contributed by atoms with Crippen LogP contribution in [0.2, 0.25) is 0 Å². The van der Waals surface area contributed by atoms with Gasteiger partial charge in [-0.2, -0.15) is 18.3 Å². The summed E-state index contributed by atoms with van der Waals surface area (Å²) in [6.07, 6.45) is 2.35. The van der Waals surface area contributed by atoms with Crippen molar-refractivity contribution in [2.24, 2.45) is 0 Å². The predicted octanol–water partition coefficient (Wildman–Crippen LogP) is 6.77. The molecule has 0 N–H and O–H groups in total. The molecule has 36 heavy (non-hydrogen) atoms. The fourth-order valence-corrected chi connectivity index (χ4v) is 4.73. The van der Waals surface area contributed by atoms with Crippen molar-refractivity contribution in [2.75, 3.05) is 7.11 Å². The first-order valence-corrected chi connectivity index (χ1v) is 11.7. The lowest BCUT2D eigenvalue weighted by atomic mass is 9.88. The van der Waals surface area contributed by atoms with Crippen LogP contribution >= 0.6 is 0 Å². The molecule has 184 valence electrons. The maximum atomic E-state index is 13.6. The number of hydrogen-bond acceptors (Lipinski definition) is 4. The van der Waals surface area contributed by atoms with E-state index in [4.69, 9.17) is 4.74 Å². The Kier molecular flexibility index (Phi) is 6.35. The fraction of sp³-hybridized carbons (Fsp3) is 0.250. The molecular weight excluding hydrogens is 465 g/mol. The highest BCUT2D eigenvalue weighted by atomic mass is 19.4. The highest BCUT2D eigenvalue weighted by molar-refractivity contribution is 5.75. The molecule has 0 fully saturated rings. The molecule has 0 bridgehead atoms. The van der Waals surface area contributed by atoms with Gasteiger partial charge in [0.2, 0.25) is 0 Å². The third-order valence-electron chi connectivity index (χ3n) is 6.39. The molecule has 4 aromatic rings. The van der Waals surface area contributed by atoms with E-state index in [1.165, 1.54) is 6.07 Å². The van der Waals surface area contributed by atoms with Crippen molar-refractivity contribution in [2.45, 2.75) is 38.4 Å². The number of nitrogens with zero attached hydrogens (tertiary/aromatic N) is 4. The van der Waals surface area contributed by atoms with Gasteiger partial charge < -0.3 is 4.74 Å². The highest BCUT2D eigenvalue weighted by Gasteiger charge is 2.37. The van der Waals surface area contributed by atoms with Gasteiger partial charge in [-0.1, -0.05) is 36.4 Å². The van der Waals surface area contributed by atoms with Crippen LogP contribution in [-0.4, -0.2) is 26.9 Å². The van der Waals surface area contributed by atoms with Crippen LogP contribution in [0.25, 0.3) is 23.3 Å². The number of fused-ring (bicyclic) bond motifs is 1. The van der Waals surface area contributed by atoms with Crippen molar-refractivity contribution >= 4 is 12.2 Å². The van der Waals surface area contributed by atoms with Crippen LogP contribution in [0.15, 0.2) is 60.8 Å². The number of pyridine rings is 1. The first-order valence-electron chi connectivity index (χ1n) is 11.7. The minimum Gasteiger partial charge on any atom is -0.496 e. The van der Waals surface area contributed by atoms with Gasteiger partial charge in [0, 0.05) is 29.9 Å². The number of aryl methyl sites for hydroxylation is 2. The lowest BCUT2D eigenvalue weighted by molar-refractivity contribution is -0.138. The van der Waals surface area contributed by atoms with Crippen molar-refractivity contribution < 1.29 is 17.9 Å². The predicted molar refractivity (Wildman–Crippen MR) is 132 cm³/mol. The summed E-state index contributed by atoms with van der Waals surface area (Å²) in [5.41, 5.74) is 3.43. The number of aromatic nitrogens is 4. The molecule has 0 radical (unpaired) electrons. The van der Waals surface area contributed by atoms with E-state index < -0.39 is 17.7 Å². The van der Waals surface area contributed by atoms with Crippen LogP contribution in [0, 0.1) is 6.92 Å². The Balaban J connectivity index is 1.43. The number of halogens is 3. The van der Waals surface area contributed by atoms with Gasteiger partial charge in [0.05, 0.1) is 12.7 Å². The van der Waals surface area contributed by atoms with Crippen LogP contribution < -0.4 is 4.74 Å². The first-order chi connectivity index (χ1) is 17.3. The molecule has 5 nitrogen and oxygen atoms in total. The normalized spacial score (nSPS) is 15.8. The van der Waals surface area contributed by atoms with Gasteiger partial charge in [-0.15, -0.1) is 0 Å². The minimum absolute atomic E-state index is 0.251. The maximum Gasteiger partial charge on any atom is 0.416 e. The molecule has 1 aliphatic rings. The lowest BCUT2D eigenvalue weighted by Gasteiger charge is -2.25. The standard InChI is InChI=1S/C28H25F3N4O/c1-18-16-20(13-14-32-18)21-11-9-19(17-25(21)36-2)10-12-26-33-27-23(7-5-15-35(27)34-26)22-6-3-4-8-24(22)28(29,30)31/h3-4,6,8-14,16-17,23H,5,7,15H2,1-2H3/b12-10+. The zero-order valence-corrected chi connectivity index (χ0v) is 20.0. The zero-order chi connectivity index (χ0) is 25.3. The van der Waals surface area contributed by atoms with Crippen LogP contribution in [0.5, 0.6) is 5.75 Å². The molecule has 2 aromatic heterocycles. The Labute approximate surface area is 207 Å². The summed E-state index contributed by atoms with van der Waals surface area (Å²) in [4.78, 5) is 8.87. The summed E-state index contributed by atoms with van der Waals surface area (Å²) >= 11 is 0. The van der Waals surface area contributed by atoms with Crippen LogP contribution in [0.1, 0.15) is 52.8 Å². The summed E-state index contributed by atoms with van der Waals surface area (Å²) in [7, 11) is 1.63. The molecule has 1 aliphatic heterocycles. The number of hydrogen-bond donors (Lipinski definition) is 0. The zero-order valence-electron chi connectivity index (χ0n) is 20.0. The van der Waals surface area contributed by atoms with Gasteiger partial charge in [-0.25, -0.2) is 9.67 Å². The second kappa shape index (κ2) is 9.60. The van der Waals surface area contributed by atoms with E-state index in [0.29, 0.717) is 24.6 Å². The number of methoxy groups -OCH3 is 1. The minimum atomic E-state index is -4.41. The molecule has 1 unspecified atom stereocenters. The van der Waals surface area contributed by atoms with Crippen LogP contribution in [0.3, 0.4) is 0 Å². The lowest BCUT2D eigenvalue weighted by Crippen LogP contribution is -2.21. The third-order valence-corrected chi connectivity index (χ3v) is 6.39. The summed E-state index contributed by atoms with van der Waals surface area (Å²) in [5.74, 6) is 1.31. The number of alkyl halides is 3. The number of rotatable bonds is 5. The Bertz CT molecular complexity index is 1420. The van der Waals surface area contributed by atoms with E-state index in [-0.39, 0.29) is 5.56 Å². The summed E-state index contributed by atoms with van der Waals surface area (Å²) in [5, 5.41) is 4.55. The number of ether oxygens (including phenoxy) is 1. The third kappa shape index (κ3) is 4.76. The van der Waals surface area contributed by atoms with Crippen LogP contribution in [0.4, 0.5) is 13.2 Å². The van der Waals surface area contributed by atoms with Crippen molar-refractivity contribution in [3.8, 4) is 16.9 Å². The Morgan fingerprint density at radius 2 is 1.89 bits per heavy atom. The Hall–Kier alpha value is -3.94. The molecular formula is C28H25F3N4O. The van der Waals surface area contributed by atoms with Gasteiger partial charge in [-0.05, 0) is 66.8 Å². The Morgan fingerprint density at radius 1 is 1.06 bits per heavy atom. The molecule has 3 heterocycles. The summed E-state index contributed by atoms with van der Waals surface area (Å²) in [6.45, 7) is 2.57. The highest BCUT2D eigenvalue weighted by Crippen LogP contribution is 2.40. The van der Waals surface area contributed by atoms with E-state index in [0.717, 1.165) is 40.6 Å². The van der Waals surface area contributed by atoms with Gasteiger partial charge >= 0.3 is 6.18 Å². The monoisotopic (exact) mass is 490 g/mol. The average Bonchev–Trinajstić information content (AvgIpc) is 3.30.